The minimum Gasteiger partial charge on any atom is -0.497 e. The largest absolute Gasteiger partial charge is 0.497 e. The number of hydrogen-bond acceptors (Lipinski definition) is 4. The van der Waals surface area contributed by atoms with E-state index in [1.807, 2.05) is 19.1 Å². The van der Waals surface area contributed by atoms with Gasteiger partial charge >= 0.3 is 0 Å². The van der Waals surface area contributed by atoms with Gasteiger partial charge in [0.2, 0.25) is 5.88 Å². The van der Waals surface area contributed by atoms with E-state index >= 15 is 0 Å². The van der Waals surface area contributed by atoms with Crippen LogP contribution in [0.1, 0.15) is 5.69 Å². The lowest BCUT2D eigenvalue weighted by Crippen LogP contribution is -1.93. The number of aromatic nitrogens is 3. The van der Waals surface area contributed by atoms with Crippen molar-refractivity contribution in [3.05, 3.63) is 54.2 Å². The van der Waals surface area contributed by atoms with E-state index in [9.17, 15) is 4.39 Å². The van der Waals surface area contributed by atoms with E-state index in [2.05, 4.69) is 15.0 Å². The summed E-state index contributed by atoms with van der Waals surface area (Å²) in [6.07, 6.45) is 1.41. The van der Waals surface area contributed by atoms with Crippen LogP contribution < -0.4 is 9.47 Å². The van der Waals surface area contributed by atoms with E-state index in [0.717, 1.165) is 16.5 Å². The molecular formula is C18H14FN3O2. The highest BCUT2D eigenvalue weighted by atomic mass is 19.1. The number of methoxy groups -OCH3 is 1. The van der Waals surface area contributed by atoms with Crippen LogP contribution in [-0.2, 0) is 0 Å². The van der Waals surface area contributed by atoms with Gasteiger partial charge in [-0.25, -0.2) is 14.4 Å². The Morgan fingerprint density at radius 1 is 1.04 bits per heavy atom. The minimum absolute atomic E-state index is 0.365. The molecule has 1 N–H and O–H groups in total. The Kier molecular flexibility index (Phi) is 3.30. The first-order valence-corrected chi connectivity index (χ1v) is 7.39. The van der Waals surface area contributed by atoms with Gasteiger partial charge in [-0.15, -0.1) is 0 Å². The number of aryl methyl sites for hydroxylation is 1. The molecule has 4 aromatic rings. The molecule has 0 unspecified atom stereocenters. The second kappa shape index (κ2) is 5.49. The zero-order chi connectivity index (χ0) is 16.7. The van der Waals surface area contributed by atoms with Gasteiger partial charge in [0.15, 0.2) is 5.82 Å². The molecule has 0 amide bonds. The molecule has 0 radical (unpaired) electrons. The molecule has 2 heterocycles. The summed E-state index contributed by atoms with van der Waals surface area (Å²) < 4.78 is 25.2. The summed E-state index contributed by atoms with van der Waals surface area (Å²) in [5, 5.41) is 1.48. The number of nitrogens with one attached hydrogen (secondary N) is 1. The van der Waals surface area contributed by atoms with E-state index in [4.69, 9.17) is 9.47 Å². The van der Waals surface area contributed by atoms with Gasteiger partial charge in [-0.3, -0.25) is 0 Å². The first kappa shape index (κ1) is 14.4. The monoisotopic (exact) mass is 323 g/mol. The van der Waals surface area contributed by atoms with Crippen LogP contribution in [0, 0.1) is 12.7 Å². The van der Waals surface area contributed by atoms with Crippen molar-refractivity contribution in [2.45, 2.75) is 6.92 Å². The lowest BCUT2D eigenvalue weighted by Gasteiger charge is -2.08. The fourth-order valence-electron chi connectivity index (χ4n) is 2.71. The Labute approximate surface area is 137 Å². The first-order chi connectivity index (χ1) is 11.6. The number of ether oxygens (including phenoxy) is 2. The van der Waals surface area contributed by atoms with Gasteiger partial charge in [-0.05, 0) is 31.2 Å². The van der Waals surface area contributed by atoms with Gasteiger partial charge in [0.25, 0.3) is 0 Å². The minimum atomic E-state index is -0.365. The summed E-state index contributed by atoms with van der Waals surface area (Å²) >= 11 is 0. The molecule has 120 valence electrons. The second-order valence-electron chi connectivity index (χ2n) is 5.49. The number of rotatable bonds is 3. The maximum atomic E-state index is 14.2. The molecule has 0 atom stereocenters. The molecule has 2 aromatic carbocycles. The summed E-state index contributed by atoms with van der Waals surface area (Å²) in [5.41, 5.74) is 2.05. The van der Waals surface area contributed by atoms with Gasteiger partial charge in [-0.2, -0.15) is 0 Å². The molecule has 0 saturated carbocycles. The number of hydrogen-bond donors (Lipinski definition) is 1. The number of aromatic amines is 1. The summed E-state index contributed by atoms with van der Waals surface area (Å²) in [6.45, 7) is 1.88. The predicted molar refractivity (Wildman–Crippen MR) is 89.2 cm³/mol. The molecular weight excluding hydrogens is 309 g/mol. The summed E-state index contributed by atoms with van der Waals surface area (Å²) in [5.74, 6) is 1.08. The molecule has 0 aliphatic heterocycles. The predicted octanol–water partition coefficient (Wildman–Crippen LogP) is 4.36. The van der Waals surface area contributed by atoms with Gasteiger partial charge in [0, 0.05) is 23.2 Å². The quantitative estimate of drug-likeness (QED) is 0.608. The van der Waals surface area contributed by atoms with Crippen LogP contribution in [0.25, 0.3) is 21.8 Å². The third-order valence-corrected chi connectivity index (χ3v) is 3.81. The molecule has 0 aliphatic carbocycles. The van der Waals surface area contributed by atoms with Gasteiger partial charge in [0.05, 0.1) is 23.5 Å². The van der Waals surface area contributed by atoms with Crippen molar-refractivity contribution in [3.63, 3.8) is 0 Å². The summed E-state index contributed by atoms with van der Waals surface area (Å²) in [7, 11) is 1.59. The SMILES string of the molecule is COc1ccc2c(Oc3cc(F)c4[nH]c(C)cc4c3)ncnc2c1. The lowest BCUT2D eigenvalue weighted by atomic mass is 10.2. The van der Waals surface area contributed by atoms with Crippen molar-refractivity contribution in [1.29, 1.82) is 0 Å². The Bertz CT molecular complexity index is 1060. The molecule has 2 aromatic heterocycles. The molecule has 0 bridgehead atoms. The smallest absolute Gasteiger partial charge is 0.230 e. The van der Waals surface area contributed by atoms with Crippen molar-refractivity contribution in [2.75, 3.05) is 7.11 Å². The van der Waals surface area contributed by atoms with Crippen LogP contribution in [0.2, 0.25) is 0 Å². The van der Waals surface area contributed by atoms with Crippen molar-refractivity contribution >= 4 is 21.8 Å². The van der Waals surface area contributed by atoms with Crippen molar-refractivity contribution < 1.29 is 13.9 Å². The van der Waals surface area contributed by atoms with E-state index in [1.165, 1.54) is 12.4 Å². The Balaban J connectivity index is 1.79. The zero-order valence-electron chi connectivity index (χ0n) is 13.1. The molecule has 0 fully saturated rings. The number of H-pyrrole nitrogens is 1. The average Bonchev–Trinajstić information content (AvgIpc) is 2.95. The van der Waals surface area contributed by atoms with Gasteiger partial charge in [-0.1, -0.05) is 0 Å². The number of fused-ring (bicyclic) bond motifs is 2. The summed E-state index contributed by atoms with van der Waals surface area (Å²) in [6, 6.07) is 10.4. The average molecular weight is 323 g/mol. The van der Waals surface area contributed by atoms with Gasteiger partial charge in [0.1, 0.15) is 17.8 Å². The standard InChI is InChI=1S/C18H14FN3O2/c1-10-5-11-6-13(7-15(19)17(11)22-10)24-18-14-4-3-12(23-2)8-16(14)20-9-21-18/h3-9,22H,1-2H3. The second-order valence-corrected chi connectivity index (χ2v) is 5.49. The van der Waals surface area contributed by atoms with Crippen LogP contribution in [-0.4, -0.2) is 22.1 Å². The van der Waals surface area contributed by atoms with Crippen LogP contribution in [0.4, 0.5) is 4.39 Å². The highest BCUT2D eigenvalue weighted by Crippen LogP contribution is 2.31. The molecule has 5 nitrogen and oxygen atoms in total. The van der Waals surface area contributed by atoms with Crippen molar-refractivity contribution in [2.24, 2.45) is 0 Å². The molecule has 0 saturated heterocycles. The molecule has 0 spiro atoms. The third kappa shape index (κ3) is 2.42. The lowest BCUT2D eigenvalue weighted by molar-refractivity contribution is 0.415. The van der Waals surface area contributed by atoms with Gasteiger partial charge < -0.3 is 14.5 Å². The van der Waals surface area contributed by atoms with E-state index in [1.54, 1.807) is 25.3 Å². The zero-order valence-corrected chi connectivity index (χ0v) is 13.1. The molecule has 0 aliphatic rings. The highest BCUT2D eigenvalue weighted by Gasteiger charge is 2.11. The number of halogens is 1. The Morgan fingerprint density at radius 2 is 1.92 bits per heavy atom. The van der Waals surface area contributed by atoms with Crippen LogP contribution in [0.5, 0.6) is 17.4 Å². The van der Waals surface area contributed by atoms with Crippen molar-refractivity contribution in [3.8, 4) is 17.4 Å². The Hall–Kier alpha value is -3.15. The maximum absolute atomic E-state index is 14.2. The van der Waals surface area contributed by atoms with Crippen LogP contribution in [0.3, 0.4) is 0 Å². The van der Waals surface area contributed by atoms with Crippen molar-refractivity contribution in [1.82, 2.24) is 15.0 Å². The highest BCUT2D eigenvalue weighted by molar-refractivity contribution is 5.85. The summed E-state index contributed by atoms with van der Waals surface area (Å²) in [4.78, 5) is 11.4. The normalized spacial score (nSPS) is 11.1. The first-order valence-electron chi connectivity index (χ1n) is 7.39. The third-order valence-electron chi connectivity index (χ3n) is 3.81. The molecule has 4 rings (SSSR count). The number of nitrogens with zero attached hydrogens (tertiary/aromatic N) is 2. The van der Waals surface area contributed by atoms with Crippen LogP contribution >= 0.6 is 0 Å². The fourth-order valence-corrected chi connectivity index (χ4v) is 2.71. The van der Waals surface area contributed by atoms with E-state index in [-0.39, 0.29) is 5.82 Å². The molecule has 24 heavy (non-hydrogen) atoms. The van der Waals surface area contributed by atoms with Crippen LogP contribution in [0.15, 0.2) is 42.7 Å². The van der Waals surface area contributed by atoms with E-state index < -0.39 is 0 Å². The number of benzene rings is 2. The fraction of sp³-hybridized carbons (Fsp3) is 0.111. The Morgan fingerprint density at radius 3 is 2.75 bits per heavy atom. The van der Waals surface area contributed by atoms with E-state index in [0.29, 0.717) is 28.4 Å². The maximum Gasteiger partial charge on any atom is 0.230 e. The molecule has 6 heteroatoms. The topological polar surface area (TPSA) is 60.0 Å².